The Hall–Kier alpha value is -2.12. The molecule has 0 aromatic heterocycles. The summed E-state index contributed by atoms with van der Waals surface area (Å²) < 4.78 is 5.74. The number of ether oxygens (including phenoxy) is 1. The Balaban J connectivity index is 1.54. The van der Waals surface area contributed by atoms with Crippen LogP contribution < -0.4 is 10.6 Å². The molecule has 0 aliphatic carbocycles. The molecule has 2 N–H and O–H groups in total. The first kappa shape index (κ1) is 16.7. The number of nitrogens with zero attached hydrogens (tertiary/aromatic N) is 1. The van der Waals surface area contributed by atoms with Crippen LogP contribution in [0.4, 0.5) is 4.79 Å². The summed E-state index contributed by atoms with van der Waals surface area (Å²) in [6, 6.07) is 6.23. The lowest BCUT2D eigenvalue weighted by molar-refractivity contribution is -0.139. The van der Waals surface area contributed by atoms with Crippen molar-refractivity contribution in [2.45, 2.75) is 25.0 Å². The molecule has 2 aliphatic rings. The summed E-state index contributed by atoms with van der Waals surface area (Å²) in [5.41, 5.74) is 0.972. The quantitative estimate of drug-likeness (QED) is 0.799. The van der Waals surface area contributed by atoms with Crippen molar-refractivity contribution in [3.8, 4) is 0 Å². The molecule has 4 amide bonds. The number of rotatable bonds is 4. The van der Waals surface area contributed by atoms with Gasteiger partial charge in [-0.05, 0) is 24.1 Å². The van der Waals surface area contributed by atoms with E-state index in [2.05, 4.69) is 10.6 Å². The number of urea groups is 1. The molecule has 3 rings (SSSR count). The molecule has 7 nitrogen and oxygen atoms in total. The van der Waals surface area contributed by atoms with Crippen LogP contribution in [0.1, 0.15) is 24.5 Å². The van der Waals surface area contributed by atoms with Gasteiger partial charge >= 0.3 is 6.03 Å². The van der Waals surface area contributed by atoms with Crippen LogP contribution in [0.5, 0.6) is 0 Å². The monoisotopic (exact) mass is 351 g/mol. The van der Waals surface area contributed by atoms with E-state index in [9.17, 15) is 14.4 Å². The Morgan fingerprint density at radius 1 is 1.29 bits per heavy atom. The van der Waals surface area contributed by atoms with Gasteiger partial charge in [-0.25, -0.2) is 4.79 Å². The fourth-order valence-electron chi connectivity index (χ4n) is 2.84. The zero-order valence-electron chi connectivity index (χ0n) is 13.0. The van der Waals surface area contributed by atoms with Crippen molar-refractivity contribution in [3.63, 3.8) is 0 Å². The zero-order chi connectivity index (χ0) is 17.1. The average Bonchev–Trinajstić information content (AvgIpc) is 2.91. The lowest BCUT2D eigenvalue weighted by Gasteiger charge is -2.33. The van der Waals surface area contributed by atoms with Gasteiger partial charge in [-0.3, -0.25) is 14.9 Å². The van der Waals surface area contributed by atoms with Crippen LogP contribution in [-0.4, -0.2) is 48.5 Å². The van der Waals surface area contributed by atoms with Gasteiger partial charge in [0.2, 0.25) is 5.91 Å². The Bertz CT molecular complexity index is 649. The normalized spacial score (nSPS) is 23.8. The van der Waals surface area contributed by atoms with Gasteiger partial charge in [0.1, 0.15) is 12.1 Å². The van der Waals surface area contributed by atoms with E-state index in [4.69, 9.17) is 16.3 Å². The molecule has 2 heterocycles. The van der Waals surface area contributed by atoms with Gasteiger partial charge < -0.3 is 15.0 Å². The predicted octanol–water partition coefficient (Wildman–Crippen LogP) is 1.23. The molecule has 0 saturated carbocycles. The number of benzene rings is 1. The summed E-state index contributed by atoms with van der Waals surface area (Å²) in [6.45, 7) is 1.44. The van der Waals surface area contributed by atoms with Crippen LogP contribution in [0.2, 0.25) is 5.02 Å². The van der Waals surface area contributed by atoms with E-state index < -0.39 is 12.1 Å². The first-order valence-corrected chi connectivity index (χ1v) is 8.17. The molecule has 2 atom stereocenters. The molecule has 24 heavy (non-hydrogen) atoms. The second kappa shape index (κ2) is 7.19. The lowest BCUT2D eigenvalue weighted by atomic mass is 10.1. The molecular weight excluding hydrogens is 334 g/mol. The van der Waals surface area contributed by atoms with Crippen molar-refractivity contribution in [1.82, 2.24) is 15.5 Å². The van der Waals surface area contributed by atoms with Crippen LogP contribution in [0.15, 0.2) is 24.3 Å². The number of carbonyl (C=O) groups excluding carboxylic acids is 3. The molecule has 0 spiro atoms. The maximum absolute atomic E-state index is 12.4. The summed E-state index contributed by atoms with van der Waals surface area (Å²) in [6.07, 6.45) is 0.305. The third-order valence-electron chi connectivity index (χ3n) is 4.17. The molecule has 1 aromatic rings. The molecule has 8 heteroatoms. The topological polar surface area (TPSA) is 87.7 Å². The highest BCUT2D eigenvalue weighted by molar-refractivity contribution is 6.30. The van der Waals surface area contributed by atoms with Gasteiger partial charge in [0.15, 0.2) is 0 Å². The minimum atomic E-state index is -0.630. The third-order valence-corrected chi connectivity index (χ3v) is 4.42. The molecule has 2 saturated heterocycles. The second-order valence-electron chi connectivity index (χ2n) is 5.80. The second-order valence-corrected chi connectivity index (χ2v) is 6.24. The molecule has 0 unspecified atom stereocenters. The molecule has 2 aliphatic heterocycles. The fourth-order valence-corrected chi connectivity index (χ4v) is 2.97. The number of morpholine rings is 1. The van der Waals surface area contributed by atoms with Gasteiger partial charge in [-0.15, -0.1) is 0 Å². The van der Waals surface area contributed by atoms with Gasteiger partial charge in [-0.1, -0.05) is 23.7 Å². The van der Waals surface area contributed by atoms with E-state index in [-0.39, 0.29) is 24.3 Å². The summed E-state index contributed by atoms with van der Waals surface area (Å²) in [5.74, 6) is -0.431. The molecule has 2 fully saturated rings. The van der Waals surface area contributed by atoms with Crippen molar-refractivity contribution < 1.29 is 19.1 Å². The minimum absolute atomic E-state index is 0.0498. The Morgan fingerprint density at radius 2 is 2.04 bits per heavy atom. The number of imide groups is 1. The first-order valence-electron chi connectivity index (χ1n) is 7.79. The highest BCUT2D eigenvalue weighted by Crippen LogP contribution is 2.24. The van der Waals surface area contributed by atoms with Gasteiger partial charge in [0.05, 0.1) is 13.2 Å². The molecule has 128 valence electrons. The van der Waals surface area contributed by atoms with Gasteiger partial charge in [-0.2, -0.15) is 0 Å². The van der Waals surface area contributed by atoms with Crippen LogP contribution >= 0.6 is 11.6 Å². The third kappa shape index (κ3) is 3.85. The van der Waals surface area contributed by atoms with Gasteiger partial charge in [0.25, 0.3) is 5.91 Å². The van der Waals surface area contributed by atoms with E-state index in [1.807, 2.05) is 12.1 Å². The van der Waals surface area contributed by atoms with Crippen LogP contribution in [-0.2, 0) is 14.3 Å². The number of hydrogen-bond donors (Lipinski definition) is 2. The van der Waals surface area contributed by atoms with E-state index in [1.165, 1.54) is 0 Å². The maximum atomic E-state index is 12.4. The number of hydrogen-bond acceptors (Lipinski definition) is 4. The highest BCUT2D eigenvalue weighted by Gasteiger charge is 2.31. The van der Waals surface area contributed by atoms with E-state index in [1.54, 1.807) is 17.0 Å². The largest absolute Gasteiger partial charge is 0.370 e. The van der Waals surface area contributed by atoms with E-state index in [0.29, 0.717) is 31.1 Å². The van der Waals surface area contributed by atoms with Crippen molar-refractivity contribution in [2.75, 3.05) is 19.7 Å². The van der Waals surface area contributed by atoms with Crippen molar-refractivity contribution in [3.05, 3.63) is 34.9 Å². The number of amides is 4. The number of carbonyl (C=O) groups is 3. The average molecular weight is 352 g/mol. The van der Waals surface area contributed by atoms with Crippen LogP contribution in [0, 0.1) is 0 Å². The Kier molecular flexibility index (Phi) is 5.01. The molecule has 1 aromatic carbocycles. The van der Waals surface area contributed by atoms with Crippen LogP contribution in [0.3, 0.4) is 0 Å². The van der Waals surface area contributed by atoms with E-state index in [0.717, 1.165) is 5.56 Å². The highest BCUT2D eigenvalue weighted by atomic mass is 35.5. The zero-order valence-corrected chi connectivity index (χ0v) is 13.7. The van der Waals surface area contributed by atoms with Crippen molar-refractivity contribution in [1.29, 1.82) is 0 Å². The molecule has 0 radical (unpaired) electrons. The first-order chi connectivity index (χ1) is 11.5. The number of halogens is 1. The van der Waals surface area contributed by atoms with Crippen molar-refractivity contribution in [2.24, 2.45) is 0 Å². The minimum Gasteiger partial charge on any atom is -0.370 e. The maximum Gasteiger partial charge on any atom is 0.322 e. The Morgan fingerprint density at radius 3 is 2.71 bits per heavy atom. The summed E-state index contributed by atoms with van der Waals surface area (Å²) in [7, 11) is 0. The van der Waals surface area contributed by atoms with Gasteiger partial charge in [0, 0.05) is 18.0 Å². The lowest BCUT2D eigenvalue weighted by Crippen LogP contribution is -2.43. The molecule has 0 bridgehead atoms. The van der Waals surface area contributed by atoms with E-state index >= 15 is 0 Å². The van der Waals surface area contributed by atoms with Crippen molar-refractivity contribution >= 4 is 29.4 Å². The summed E-state index contributed by atoms with van der Waals surface area (Å²) >= 11 is 5.89. The summed E-state index contributed by atoms with van der Waals surface area (Å²) in [4.78, 5) is 36.7. The predicted molar refractivity (Wildman–Crippen MR) is 86.4 cm³/mol. The summed E-state index contributed by atoms with van der Waals surface area (Å²) in [5, 5.41) is 5.31. The SMILES string of the molecule is O=C1NC(=O)[C@H](CCC(=O)N2CCO[C@@H](c3ccc(Cl)cc3)C2)N1. The standard InChI is InChI=1S/C16H18ClN3O4/c17-11-3-1-10(2-4-11)13-9-20(7-8-24-13)14(21)6-5-12-15(22)19-16(23)18-12/h1-4,12-13H,5-9H2,(H2,18,19,22,23)/t12-,13+/m0/s1. The fraction of sp³-hybridized carbons (Fsp3) is 0.438. The smallest absolute Gasteiger partial charge is 0.322 e. The molecular formula is C16H18ClN3O4. The Labute approximate surface area is 144 Å². The van der Waals surface area contributed by atoms with Crippen LogP contribution in [0.25, 0.3) is 0 Å². The number of nitrogens with one attached hydrogen (secondary N) is 2.